The highest BCUT2D eigenvalue weighted by molar-refractivity contribution is 5.85. The van der Waals surface area contributed by atoms with Crippen LogP contribution in [0.15, 0.2) is 24.3 Å². The first-order chi connectivity index (χ1) is 9.08. The molecule has 0 spiro atoms. The third-order valence-corrected chi connectivity index (χ3v) is 2.51. The topological polar surface area (TPSA) is 40.5 Å². The van der Waals surface area contributed by atoms with Crippen LogP contribution in [0.25, 0.3) is 6.08 Å². The third-order valence-electron chi connectivity index (χ3n) is 2.51. The van der Waals surface area contributed by atoms with Gasteiger partial charge in [0.2, 0.25) is 0 Å². The molecular weight excluding hydrogens is 245 g/mol. The van der Waals surface area contributed by atoms with Crippen LogP contribution in [0.2, 0.25) is 0 Å². The van der Waals surface area contributed by atoms with Gasteiger partial charge in [-0.15, -0.1) is 6.42 Å². The molecule has 0 amide bonds. The summed E-state index contributed by atoms with van der Waals surface area (Å²) >= 11 is 0. The molecule has 0 aliphatic carbocycles. The van der Waals surface area contributed by atoms with Gasteiger partial charge < -0.3 is 10.0 Å². The average Bonchev–Trinajstić information content (AvgIpc) is 2.36. The molecule has 0 fully saturated rings. The number of hydrogen-bond donors (Lipinski definition) is 1. The van der Waals surface area contributed by atoms with Gasteiger partial charge in [0.25, 0.3) is 0 Å². The molecule has 1 aromatic carbocycles. The summed E-state index contributed by atoms with van der Waals surface area (Å²) in [6, 6.07) is 4.58. The fourth-order valence-electron chi connectivity index (χ4n) is 1.72. The third kappa shape index (κ3) is 4.47. The van der Waals surface area contributed by atoms with Gasteiger partial charge in [0, 0.05) is 12.6 Å². The lowest BCUT2D eigenvalue weighted by molar-refractivity contribution is -0.131. The van der Waals surface area contributed by atoms with E-state index in [2.05, 4.69) is 5.92 Å². The molecular formula is C15H16FNO2. The lowest BCUT2D eigenvalue weighted by Crippen LogP contribution is -2.25. The van der Waals surface area contributed by atoms with Crippen LogP contribution in [0.5, 0.6) is 0 Å². The minimum atomic E-state index is -1.07. The van der Waals surface area contributed by atoms with E-state index in [9.17, 15) is 9.18 Å². The molecule has 0 saturated carbocycles. The van der Waals surface area contributed by atoms with Gasteiger partial charge in [-0.3, -0.25) is 0 Å². The molecule has 0 atom stereocenters. The number of halogens is 1. The summed E-state index contributed by atoms with van der Waals surface area (Å²) in [7, 11) is 0. The van der Waals surface area contributed by atoms with Crippen molar-refractivity contribution in [2.75, 3.05) is 18.0 Å². The number of benzene rings is 1. The number of hydrogen-bond acceptors (Lipinski definition) is 2. The largest absolute Gasteiger partial charge is 0.478 e. The summed E-state index contributed by atoms with van der Waals surface area (Å²) in [5, 5.41) is 8.52. The molecule has 0 saturated heterocycles. The molecule has 1 aromatic rings. The molecule has 0 aromatic heterocycles. The second-order valence-corrected chi connectivity index (χ2v) is 4.01. The minimum Gasteiger partial charge on any atom is -0.478 e. The number of rotatable bonds is 6. The second-order valence-electron chi connectivity index (χ2n) is 4.01. The van der Waals surface area contributed by atoms with Crippen LogP contribution in [0, 0.1) is 18.2 Å². The van der Waals surface area contributed by atoms with E-state index < -0.39 is 11.8 Å². The minimum absolute atomic E-state index is 0.342. The van der Waals surface area contributed by atoms with Crippen molar-refractivity contribution in [2.45, 2.75) is 13.3 Å². The molecule has 0 unspecified atom stereocenters. The Morgan fingerprint density at radius 3 is 2.84 bits per heavy atom. The Bertz CT molecular complexity index is 517. The maximum Gasteiger partial charge on any atom is 0.328 e. The summed E-state index contributed by atoms with van der Waals surface area (Å²) in [6.07, 6.45) is 8.45. The predicted octanol–water partition coefficient (Wildman–Crippen LogP) is 2.77. The number of aliphatic carboxylic acids is 1. The van der Waals surface area contributed by atoms with E-state index in [0.29, 0.717) is 24.3 Å². The first-order valence-corrected chi connectivity index (χ1v) is 5.97. The van der Waals surface area contributed by atoms with Crippen LogP contribution in [-0.4, -0.2) is 24.2 Å². The summed E-state index contributed by atoms with van der Waals surface area (Å²) in [5.74, 6) is 1.03. The Morgan fingerprint density at radius 2 is 2.32 bits per heavy atom. The SMILES string of the molecule is C#CCN(CCC)c1ccc(/C=C/C(=O)O)cc1F. The van der Waals surface area contributed by atoms with Gasteiger partial charge in [0.15, 0.2) is 0 Å². The van der Waals surface area contributed by atoms with Crippen molar-refractivity contribution in [2.24, 2.45) is 0 Å². The maximum absolute atomic E-state index is 14.0. The van der Waals surface area contributed by atoms with Crippen LogP contribution in [-0.2, 0) is 4.79 Å². The number of carbonyl (C=O) groups is 1. The molecule has 0 bridgehead atoms. The van der Waals surface area contributed by atoms with Crippen molar-refractivity contribution < 1.29 is 14.3 Å². The number of carboxylic acids is 1. The molecule has 100 valence electrons. The van der Waals surface area contributed by atoms with Crippen LogP contribution >= 0.6 is 0 Å². The van der Waals surface area contributed by atoms with Gasteiger partial charge in [-0.05, 0) is 30.2 Å². The molecule has 4 heteroatoms. The molecule has 0 aliphatic rings. The number of terminal acetylenes is 1. The predicted molar refractivity (Wildman–Crippen MR) is 74.4 cm³/mol. The number of nitrogens with zero attached hydrogens (tertiary/aromatic N) is 1. The zero-order valence-electron chi connectivity index (χ0n) is 10.8. The lowest BCUT2D eigenvalue weighted by atomic mass is 10.1. The summed E-state index contributed by atoms with van der Waals surface area (Å²) in [4.78, 5) is 12.2. The average molecular weight is 261 g/mol. The molecule has 19 heavy (non-hydrogen) atoms. The number of anilines is 1. The van der Waals surface area contributed by atoms with Crippen molar-refractivity contribution in [3.8, 4) is 12.3 Å². The standard InChI is InChI=1S/C15H16FNO2/c1-3-9-17(10-4-2)14-7-5-12(11-13(14)16)6-8-15(18)19/h1,5-8,11H,4,9-10H2,2H3,(H,18,19)/b8-6+. The van der Waals surface area contributed by atoms with Gasteiger partial charge in [-0.25, -0.2) is 9.18 Å². The first-order valence-electron chi connectivity index (χ1n) is 5.97. The highest BCUT2D eigenvalue weighted by Gasteiger charge is 2.10. The van der Waals surface area contributed by atoms with Crippen molar-refractivity contribution in [3.05, 3.63) is 35.7 Å². The molecule has 1 N–H and O–H groups in total. The highest BCUT2D eigenvalue weighted by Crippen LogP contribution is 2.21. The summed E-state index contributed by atoms with van der Waals surface area (Å²) in [6.45, 7) is 3.01. The van der Waals surface area contributed by atoms with Crippen molar-refractivity contribution in [1.29, 1.82) is 0 Å². The van der Waals surface area contributed by atoms with Gasteiger partial charge in [-0.2, -0.15) is 0 Å². The Hall–Kier alpha value is -2.28. The first kappa shape index (κ1) is 14.8. The van der Waals surface area contributed by atoms with E-state index in [1.165, 1.54) is 12.1 Å². The van der Waals surface area contributed by atoms with E-state index in [1.807, 2.05) is 6.92 Å². The zero-order valence-corrected chi connectivity index (χ0v) is 10.8. The number of carboxylic acid groups (broad SMARTS) is 1. The molecule has 0 aliphatic heterocycles. The van der Waals surface area contributed by atoms with Crippen LogP contribution in [0.4, 0.5) is 10.1 Å². The quantitative estimate of drug-likeness (QED) is 0.632. The second kappa shape index (κ2) is 7.22. The summed E-state index contributed by atoms with van der Waals surface area (Å²) < 4.78 is 14.0. The summed E-state index contributed by atoms with van der Waals surface area (Å²) in [5.41, 5.74) is 0.938. The van der Waals surface area contributed by atoms with E-state index in [0.717, 1.165) is 12.5 Å². The van der Waals surface area contributed by atoms with Crippen molar-refractivity contribution >= 4 is 17.7 Å². The Kier molecular flexibility index (Phi) is 5.62. The fourth-order valence-corrected chi connectivity index (χ4v) is 1.72. The van der Waals surface area contributed by atoms with Crippen molar-refractivity contribution in [3.63, 3.8) is 0 Å². The van der Waals surface area contributed by atoms with E-state index in [-0.39, 0.29) is 0 Å². The van der Waals surface area contributed by atoms with Gasteiger partial charge in [-0.1, -0.05) is 18.9 Å². The molecule has 0 heterocycles. The molecule has 3 nitrogen and oxygen atoms in total. The smallest absolute Gasteiger partial charge is 0.328 e. The monoisotopic (exact) mass is 261 g/mol. The van der Waals surface area contributed by atoms with Crippen LogP contribution < -0.4 is 4.90 Å². The van der Waals surface area contributed by atoms with Gasteiger partial charge >= 0.3 is 5.97 Å². The Morgan fingerprint density at radius 1 is 1.58 bits per heavy atom. The Labute approximate surface area is 112 Å². The maximum atomic E-state index is 14.0. The van der Waals surface area contributed by atoms with Crippen molar-refractivity contribution in [1.82, 2.24) is 0 Å². The molecule has 1 rings (SSSR count). The van der Waals surface area contributed by atoms with E-state index in [1.54, 1.807) is 17.0 Å². The normalized spacial score (nSPS) is 10.4. The highest BCUT2D eigenvalue weighted by atomic mass is 19.1. The van der Waals surface area contributed by atoms with E-state index in [4.69, 9.17) is 11.5 Å². The fraction of sp³-hybridized carbons (Fsp3) is 0.267. The van der Waals surface area contributed by atoms with E-state index >= 15 is 0 Å². The van der Waals surface area contributed by atoms with Gasteiger partial charge in [0.1, 0.15) is 5.82 Å². The Balaban J connectivity index is 2.98. The lowest BCUT2D eigenvalue weighted by Gasteiger charge is -2.22. The van der Waals surface area contributed by atoms with Crippen LogP contribution in [0.3, 0.4) is 0 Å². The van der Waals surface area contributed by atoms with Gasteiger partial charge in [0.05, 0.1) is 12.2 Å². The zero-order chi connectivity index (χ0) is 14.3. The van der Waals surface area contributed by atoms with Crippen LogP contribution in [0.1, 0.15) is 18.9 Å². The molecule has 0 radical (unpaired) electrons.